The zero-order chi connectivity index (χ0) is 15.1. The number of hydrogen-bond acceptors (Lipinski definition) is 3. The fourth-order valence-corrected chi connectivity index (χ4v) is 2.38. The maximum Gasteiger partial charge on any atom is 0.251 e. The first-order chi connectivity index (χ1) is 10.2. The van der Waals surface area contributed by atoms with E-state index >= 15 is 0 Å². The molecule has 1 aromatic carbocycles. The lowest BCUT2D eigenvalue weighted by Crippen LogP contribution is -2.32. The van der Waals surface area contributed by atoms with Crippen LogP contribution in [0.2, 0.25) is 0 Å². The predicted octanol–water partition coefficient (Wildman–Crippen LogP) is 1.46. The van der Waals surface area contributed by atoms with Gasteiger partial charge < -0.3 is 15.8 Å². The van der Waals surface area contributed by atoms with E-state index < -0.39 is 0 Å². The van der Waals surface area contributed by atoms with Crippen molar-refractivity contribution in [2.45, 2.75) is 19.8 Å². The lowest BCUT2D eigenvalue weighted by Gasteiger charge is -2.22. The molecule has 1 aliphatic rings. The summed E-state index contributed by atoms with van der Waals surface area (Å²) in [5.74, 6) is 6.25. The lowest BCUT2D eigenvalue weighted by atomic mass is 9.99. The molecule has 0 aliphatic carbocycles. The number of ether oxygens (including phenoxy) is 1. The third kappa shape index (κ3) is 4.59. The van der Waals surface area contributed by atoms with Crippen LogP contribution >= 0.6 is 0 Å². The van der Waals surface area contributed by atoms with Gasteiger partial charge in [0.15, 0.2) is 0 Å². The number of benzene rings is 1. The van der Waals surface area contributed by atoms with Crippen LogP contribution < -0.4 is 11.1 Å². The van der Waals surface area contributed by atoms with Crippen LogP contribution in [0.25, 0.3) is 0 Å². The number of hydrogen-bond donors (Lipinski definition) is 2. The van der Waals surface area contributed by atoms with Crippen LogP contribution in [-0.4, -0.2) is 32.2 Å². The van der Waals surface area contributed by atoms with Crippen molar-refractivity contribution in [1.82, 2.24) is 5.32 Å². The van der Waals surface area contributed by atoms with Crippen LogP contribution in [0.15, 0.2) is 18.2 Å². The van der Waals surface area contributed by atoms with Gasteiger partial charge in [-0.25, -0.2) is 0 Å². The summed E-state index contributed by atoms with van der Waals surface area (Å²) < 4.78 is 5.33. The Labute approximate surface area is 126 Å². The van der Waals surface area contributed by atoms with E-state index in [2.05, 4.69) is 17.2 Å². The van der Waals surface area contributed by atoms with Crippen molar-refractivity contribution < 1.29 is 9.53 Å². The van der Waals surface area contributed by atoms with E-state index in [0.29, 0.717) is 24.6 Å². The zero-order valence-electron chi connectivity index (χ0n) is 12.4. The first-order valence-electron chi connectivity index (χ1n) is 7.36. The molecule has 1 amide bonds. The van der Waals surface area contributed by atoms with Gasteiger partial charge in [0.1, 0.15) is 0 Å². The van der Waals surface area contributed by atoms with Gasteiger partial charge in [-0.1, -0.05) is 17.9 Å². The summed E-state index contributed by atoms with van der Waals surface area (Å²) in [6.07, 6.45) is 2.03. The van der Waals surface area contributed by atoms with Crippen molar-refractivity contribution in [3.05, 3.63) is 34.9 Å². The summed E-state index contributed by atoms with van der Waals surface area (Å²) in [7, 11) is 0. The Morgan fingerprint density at radius 1 is 1.43 bits per heavy atom. The van der Waals surface area contributed by atoms with Crippen LogP contribution in [0.5, 0.6) is 0 Å². The monoisotopic (exact) mass is 286 g/mol. The van der Waals surface area contributed by atoms with E-state index in [1.54, 1.807) is 0 Å². The quantitative estimate of drug-likeness (QED) is 0.827. The molecule has 0 spiro atoms. The molecule has 1 aliphatic heterocycles. The van der Waals surface area contributed by atoms with Crippen LogP contribution in [0, 0.1) is 24.7 Å². The van der Waals surface area contributed by atoms with E-state index in [1.807, 2.05) is 25.1 Å². The SMILES string of the molecule is Cc1ccc(C#CCN)cc1C(=O)NCC1CCOCC1. The average molecular weight is 286 g/mol. The predicted molar refractivity (Wildman–Crippen MR) is 83.0 cm³/mol. The third-order valence-electron chi connectivity index (χ3n) is 3.71. The number of rotatable bonds is 3. The number of nitrogens with one attached hydrogen (secondary N) is 1. The van der Waals surface area contributed by atoms with Gasteiger partial charge in [0.25, 0.3) is 5.91 Å². The Kier molecular flexibility index (Phi) is 5.79. The van der Waals surface area contributed by atoms with E-state index in [-0.39, 0.29) is 5.91 Å². The molecule has 0 atom stereocenters. The van der Waals surface area contributed by atoms with Crippen molar-refractivity contribution in [2.75, 3.05) is 26.3 Å². The van der Waals surface area contributed by atoms with E-state index in [4.69, 9.17) is 10.5 Å². The van der Waals surface area contributed by atoms with E-state index in [1.165, 1.54) is 0 Å². The molecule has 0 aromatic heterocycles. The highest BCUT2D eigenvalue weighted by Crippen LogP contribution is 2.14. The zero-order valence-corrected chi connectivity index (χ0v) is 12.4. The third-order valence-corrected chi connectivity index (χ3v) is 3.71. The van der Waals surface area contributed by atoms with Crippen LogP contribution in [0.4, 0.5) is 0 Å². The molecule has 4 nitrogen and oxygen atoms in total. The minimum absolute atomic E-state index is 0.0320. The molecule has 0 bridgehead atoms. The summed E-state index contributed by atoms with van der Waals surface area (Å²) in [4.78, 5) is 12.3. The van der Waals surface area contributed by atoms with Crippen LogP contribution in [0.3, 0.4) is 0 Å². The van der Waals surface area contributed by atoms with Crippen LogP contribution in [-0.2, 0) is 4.74 Å². The summed E-state index contributed by atoms with van der Waals surface area (Å²) >= 11 is 0. The second-order valence-electron chi connectivity index (χ2n) is 5.30. The van der Waals surface area contributed by atoms with Gasteiger partial charge in [-0.2, -0.15) is 0 Å². The number of aryl methyl sites for hydroxylation is 1. The molecule has 1 saturated heterocycles. The van der Waals surface area contributed by atoms with Gasteiger partial charge >= 0.3 is 0 Å². The molecule has 3 N–H and O–H groups in total. The Morgan fingerprint density at radius 2 is 2.19 bits per heavy atom. The van der Waals surface area contributed by atoms with Gasteiger partial charge in [0.05, 0.1) is 6.54 Å². The Balaban J connectivity index is 2.00. The van der Waals surface area contributed by atoms with E-state index in [0.717, 1.165) is 37.2 Å². The van der Waals surface area contributed by atoms with Crippen molar-refractivity contribution >= 4 is 5.91 Å². The smallest absolute Gasteiger partial charge is 0.251 e. The van der Waals surface area contributed by atoms with Gasteiger partial charge in [-0.05, 0) is 43.4 Å². The Hall–Kier alpha value is -1.83. The molecule has 1 heterocycles. The van der Waals surface area contributed by atoms with Gasteiger partial charge in [0.2, 0.25) is 0 Å². The number of carbonyl (C=O) groups is 1. The summed E-state index contributed by atoms with van der Waals surface area (Å²) in [5.41, 5.74) is 7.84. The maximum absolute atomic E-state index is 12.3. The topological polar surface area (TPSA) is 64.4 Å². The molecule has 0 unspecified atom stereocenters. The van der Waals surface area contributed by atoms with Crippen molar-refractivity contribution in [1.29, 1.82) is 0 Å². The minimum Gasteiger partial charge on any atom is -0.381 e. The largest absolute Gasteiger partial charge is 0.381 e. The summed E-state index contributed by atoms with van der Waals surface area (Å²) in [6, 6.07) is 5.66. The number of nitrogens with two attached hydrogens (primary N) is 1. The van der Waals surface area contributed by atoms with Crippen molar-refractivity contribution in [2.24, 2.45) is 11.7 Å². The maximum atomic E-state index is 12.3. The van der Waals surface area contributed by atoms with E-state index in [9.17, 15) is 4.79 Å². The van der Waals surface area contributed by atoms with Crippen molar-refractivity contribution in [3.8, 4) is 11.8 Å². The molecule has 0 saturated carbocycles. The highest BCUT2D eigenvalue weighted by Gasteiger charge is 2.16. The molecule has 4 heteroatoms. The molecule has 2 rings (SSSR count). The van der Waals surface area contributed by atoms with Crippen molar-refractivity contribution in [3.63, 3.8) is 0 Å². The molecule has 112 valence electrons. The molecule has 21 heavy (non-hydrogen) atoms. The Bertz CT molecular complexity index is 552. The fourth-order valence-electron chi connectivity index (χ4n) is 2.38. The number of amides is 1. The second-order valence-corrected chi connectivity index (χ2v) is 5.30. The second kappa shape index (κ2) is 7.82. The fraction of sp³-hybridized carbons (Fsp3) is 0.471. The number of carbonyl (C=O) groups excluding carboxylic acids is 1. The highest BCUT2D eigenvalue weighted by atomic mass is 16.5. The molecular weight excluding hydrogens is 264 g/mol. The Morgan fingerprint density at radius 3 is 2.90 bits per heavy atom. The molecular formula is C17H22N2O2. The minimum atomic E-state index is -0.0320. The van der Waals surface area contributed by atoms with Gasteiger partial charge in [-0.15, -0.1) is 0 Å². The normalized spacial score (nSPS) is 15.1. The van der Waals surface area contributed by atoms with Crippen LogP contribution in [0.1, 0.15) is 34.3 Å². The molecule has 1 aromatic rings. The molecule has 0 radical (unpaired) electrons. The van der Waals surface area contributed by atoms with Gasteiger partial charge in [-0.3, -0.25) is 4.79 Å². The molecule has 1 fully saturated rings. The highest BCUT2D eigenvalue weighted by molar-refractivity contribution is 5.96. The standard InChI is InChI=1S/C17H22N2O2/c1-13-4-5-14(3-2-8-18)11-16(13)17(20)19-12-15-6-9-21-10-7-15/h4-5,11,15H,6-10,12,18H2,1H3,(H,19,20). The van der Waals surface area contributed by atoms with Gasteiger partial charge in [0, 0.05) is 30.9 Å². The first-order valence-corrected chi connectivity index (χ1v) is 7.36. The summed E-state index contributed by atoms with van der Waals surface area (Å²) in [6.45, 7) is 4.55. The first kappa shape index (κ1) is 15.6. The lowest BCUT2D eigenvalue weighted by molar-refractivity contribution is 0.0642. The average Bonchev–Trinajstić information content (AvgIpc) is 2.53. The summed E-state index contributed by atoms with van der Waals surface area (Å²) in [5, 5.41) is 3.03.